The second-order valence-electron chi connectivity index (χ2n) is 5.55. The summed E-state index contributed by atoms with van der Waals surface area (Å²) in [4.78, 5) is 11.7. The summed E-state index contributed by atoms with van der Waals surface area (Å²) in [6.45, 7) is 7.04. The normalized spacial score (nSPS) is 17.9. The lowest BCUT2D eigenvalue weighted by atomic mass is 9.93. The zero-order chi connectivity index (χ0) is 13.4. The van der Waals surface area contributed by atoms with Gasteiger partial charge < -0.3 is 15.4 Å². The lowest BCUT2D eigenvalue weighted by molar-refractivity contribution is -0.122. The van der Waals surface area contributed by atoms with Crippen LogP contribution in [-0.2, 0) is 9.53 Å². The van der Waals surface area contributed by atoms with Gasteiger partial charge in [0.15, 0.2) is 0 Å². The minimum atomic E-state index is 0. The highest BCUT2D eigenvalue weighted by atomic mass is 35.5. The molecule has 114 valence electrons. The standard InChI is InChI=1S/C14H28N2O2.ClH/c1-11(2)13(18-3)10-16-14(17)5-4-12-6-8-15-9-7-12;/h11-13,15H,4-10H2,1-3H3,(H,16,17);1H. The van der Waals surface area contributed by atoms with Crippen LogP contribution in [0.25, 0.3) is 0 Å². The molecule has 1 amide bonds. The van der Waals surface area contributed by atoms with Crippen LogP contribution in [0.4, 0.5) is 0 Å². The fraction of sp³-hybridized carbons (Fsp3) is 0.929. The van der Waals surface area contributed by atoms with Crippen molar-refractivity contribution in [2.45, 2.75) is 45.6 Å². The van der Waals surface area contributed by atoms with E-state index in [1.165, 1.54) is 12.8 Å². The van der Waals surface area contributed by atoms with E-state index < -0.39 is 0 Å². The molecular formula is C14H29ClN2O2. The molecule has 0 aromatic rings. The molecule has 1 aliphatic rings. The average molecular weight is 293 g/mol. The summed E-state index contributed by atoms with van der Waals surface area (Å²) in [6, 6.07) is 0. The average Bonchev–Trinajstić information content (AvgIpc) is 2.38. The largest absolute Gasteiger partial charge is 0.379 e. The van der Waals surface area contributed by atoms with E-state index in [-0.39, 0.29) is 24.4 Å². The van der Waals surface area contributed by atoms with Gasteiger partial charge in [-0.15, -0.1) is 12.4 Å². The Balaban J connectivity index is 0.00000324. The van der Waals surface area contributed by atoms with Gasteiger partial charge >= 0.3 is 0 Å². The van der Waals surface area contributed by atoms with Crippen LogP contribution in [0.5, 0.6) is 0 Å². The molecule has 1 saturated heterocycles. The zero-order valence-corrected chi connectivity index (χ0v) is 13.2. The van der Waals surface area contributed by atoms with Crippen LogP contribution in [-0.4, -0.2) is 38.8 Å². The van der Waals surface area contributed by atoms with E-state index in [1.54, 1.807) is 7.11 Å². The molecule has 1 aliphatic heterocycles. The first-order valence-corrected chi connectivity index (χ1v) is 7.13. The van der Waals surface area contributed by atoms with Crippen molar-refractivity contribution >= 4 is 18.3 Å². The number of carbonyl (C=O) groups excluding carboxylic acids is 1. The van der Waals surface area contributed by atoms with Gasteiger partial charge in [0.1, 0.15) is 0 Å². The Morgan fingerprint density at radius 1 is 1.37 bits per heavy atom. The smallest absolute Gasteiger partial charge is 0.220 e. The second-order valence-corrected chi connectivity index (χ2v) is 5.55. The van der Waals surface area contributed by atoms with E-state index in [4.69, 9.17) is 4.74 Å². The molecule has 0 bridgehead atoms. The molecule has 1 rings (SSSR count). The predicted molar refractivity (Wildman–Crippen MR) is 80.7 cm³/mol. The van der Waals surface area contributed by atoms with Gasteiger partial charge in [0.2, 0.25) is 5.91 Å². The molecule has 0 aromatic carbocycles. The number of piperidine rings is 1. The molecule has 0 aromatic heterocycles. The molecule has 0 spiro atoms. The van der Waals surface area contributed by atoms with E-state index >= 15 is 0 Å². The maximum Gasteiger partial charge on any atom is 0.220 e. The SMILES string of the molecule is COC(CNC(=O)CCC1CCNCC1)C(C)C.Cl. The molecule has 4 nitrogen and oxygen atoms in total. The summed E-state index contributed by atoms with van der Waals surface area (Å²) in [6.07, 6.45) is 4.21. The van der Waals surface area contributed by atoms with E-state index in [1.807, 2.05) is 0 Å². The third-order valence-corrected chi connectivity index (χ3v) is 3.79. The summed E-state index contributed by atoms with van der Waals surface area (Å²) in [5.41, 5.74) is 0. The first-order valence-electron chi connectivity index (χ1n) is 7.13. The van der Waals surface area contributed by atoms with Crippen LogP contribution < -0.4 is 10.6 Å². The minimum Gasteiger partial charge on any atom is -0.379 e. The monoisotopic (exact) mass is 292 g/mol. The van der Waals surface area contributed by atoms with Gasteiger partial charge in [-0.1, -0.05) is 13.8 Å². The molecule has 1 atom stereocenters. The van der Waals surface area contributed by atoms with Crippen molar-refractivity contribution in [2.75, 3.05) is 26.7 Å². The molecule has 0 saturated carbocycles. The Hall–Kier alpha value is -0.320. The summed E-state index contributed by atoms with van der Waals surface area (Å²) >= 11 is 0. The molecule has 1 fully saturated rings. The van der Waals surface area contributed by atoms with Gasteiger partial charge in [0, 0.05) is 20.1 Å². The van der Waals surface area contributed by atoms with Crippen LogP contribution in [0.15, 0.2) is 0 Å². The third kappa shape index (κ3) is 7.75. The number of nitrogens with one attached hydrogen (secondary N) is 2. The highest BCUT2D eigenvalue weighted by Gasteiger charge is 2.16. The molecule has 1 unspecified atom stereocenters. The first kappa shape index (κ1) is 18.7. The second kappa shape index (κ2) is 10.5. The third-order valence-electron chi connectivity index (χ3n) is 3.79. The quantitative estimate of drug-likeness (QED) is 0.754. The number of methoxy groups -OCH3 is 1. The minimum absolute atomic E-state index is 0. The fourth-order valence-corrected chi connectivity index (χ4v) is 2.40. The number of rotatable bonds is 7. The van der Waals surface area contributed by atoms with Gasteiger partial charge in [-0.2, -0.15) is 0 Å². The molecule has 1 heterocycles. The van der Waals surface area contributed by atoms with Crippen molar-refractivity contribution < 1.29 is 9.53 Å². The summed E-state index contributed by atoms with van der Waals surface area (Å²) in [5.74, 6) is 1.32. The molecule has 19 heavy (non-hydrogen) atoms. The van der Waals surface area contributed by atoms with Crippen LogP contribution in [0, 0.1) is 11.8 Å². The molecule has 0 radical (unpaired) electrons. The van der Waals surface area contributed by atoms with Gasteiger partial charge in [0.25, 0.3) is 0 Å². The van der Waals surface area contributed by atoms with E-state index in [9.17, 15) is 4.79 Å². The van der Waals surface area contributed by atoms with Crippen molar-refractivity contribution in [1.82, 2.24) is 10.6 Å². The van der Waals surface area contributed by atoms with E-state index in [0.29, 0.717) is 18.9 Å². The first-order chi connectivity index (χ1) is 8.63. The fourth-order valence-electron chi connectivity index (χ4n) is 2.40. The lowest BCUT2D eigenvalue weighted by Gasteiger charge is -2.23. The molecule has 5 heteroatoms. The summed E-state index contributed by atoms with van der Waals surface area (Å²) in [7, 11) is 1.70. The highest BCUT2D eigenvalue weighted by molar-refractivity contribution is 5.85. The number of halogens is 1. The van der Waals surface area contributed by atoms with E-state index in [2.05, 4.69) is 24.5 Å². The molecular weight excluding hydrogens is 264 g/mol. The van der Waals surface area contributed by atoms with Crippen molar-refractivity contribution in [3.8, 4) is 0 Å². The van der Waals surface area contributed by atoms with Crippen LogP contribution in [0.2, 0.25) is 0 Å². The van der Waals surface area contributed by atoms with Crippen LogP contribution >= 0.6 is 12.4 Å². The van der Waals surface area contributed by atoms with Gasteiger partial charge in [0.05, 0.1) is 6.10 Å². The zero-order valence-electron chi connectivity index (χ0n) is 12.4. The summed E-state index contributed by atoms with van der Waals surface area (Å²) < 4.78 is 5.33. The van der Waals surface area contributed by atoms with E-state index in [0.717, 1.165) is 25.4 Å². The highest BCUT2D eigenvalue weighted by Crippen LogP contribution is 2.17. The van der Waals surface area contributed by atoms with Crippen molar-refractivity contribution in [1.29, 1.82) is 0 Å². The number of hydrogen-bond acceptors (Lipinski definition) is 3. The Bertz CT molecular complexity index is 244. The van der Waals surface area contributed by atoms with Crippen LogP contribution in [0.1, 0.15) is 39.5 Å². The van der Waals surface area contributed by atoms with Crippen LogP contribution in [0.3, 0.4) is 0 Å². The maximum atomic E-state index is 11.7. The van der Waals surface area contributed by atoms with Gasteiger partial charge in [-0.3, -0.25) is 4.79 Å². The number of hydrogen-bond donors (Lipinski definition) is 2. The van der Waals surface area contributed by atoms with Gasteiger partial charge in [-0.25, -0.2) is 0 Å². The lowest BCUT2D eigenvalue weighted by Crippen LogP contribution is -2.36. The predicted octanol–water partition coefficient (Wildman–Crippen LogP) is 1.98. The topological polar surface area (TPSA) is 50.4 Å². The number of ether oxygens (including phenoxy) is 1. The molecule has 2 N–H and O–H groups in total. The number of amides is 1. The maximum absolute atomic E-state index is 11.7. The van der Waals surface area contributed by atoms with Crippen molar-refractivity contribution in [2.24, 2.45) is 11.8 Å². The molecule has 0 aliphatic carbocycles. The van der Waals surface area contributed by atoms with Crippen molar-refractivity contribution in [3.05, 3.63) is 0 Å². The Kier molecular flexibility index (Phi) is 10.3. The van der Waals surface area contributed by atoms with Crippen molar-refractivity contribution in [3.63, 3.8) is 0 Å². The Morgan fingerprint density at radius 2 is 2.00 bits per heavy atom. The Labute approximate surface area is 123 Å². The summed E-state index contributed by atoms with van der Waals surface area (Å²) in [5, 5.41) is 6.32. The Morgan fingerprint density at radius 3 is 2.53 bits per heavy atom. The number of carbonyl (C=O) groups is 1. The van der Waals surface area contributed by atoms with Gasteiger partial charge in [-0.05, 0) is 44.2 Å².